The molecular formula is C26H22FN5O2. The molecule has 0 aliphatic carbocycles. The average molecular weight is 455 g/mol. The topological polar surface area (TPSA) is 99.2 Å². The number of rotatable bonds is 4. The van der Waals surface area contributed by atoms with E-state index in [2.05, 4.69) is 25.8 Å². The summed E-state index contributed by atoms with van der Waals surface area (Å²) in [4.78, 5) is 28.4. The first-order chi connectivity index (χ1) is 16.5. The van der Waals surface area contributed by atoms with Gasteiger partial charge in [-0.3, -0.25) is 10.1 Å². The van der Waals surface area contributed by atoms with Gasteiger partial charge in [-0.2, -0.15) is 5.10 Å². The predicted octanol–water partition coefficient (Wildman–Crippen LogP) is 4.23. The van der Waals surface area contributed by atoms with E-state index in [1.54, 1.807) is 12.1 Å². The first-order valence-electron chi connectivity index (χ1n) is 11.0. The summed E-state index contributed by atoms with van der Waals surface area (Å²) in [6, 6.07) is 17.6. The molecule has 0 radical (unpaired) electrons. The molecule has 2 heterocycles. The zero-order chi connectivity index (χ0) is 23.7. The molecule has 4 aromatic rings. The summed E-state index contributed by atoms with van der Waals surface area (Å²) < 4.78 is 14.6. The first-order valence-corrected chi connectivity index (χ1v) is 11.0. The Morgan fingerprint density at radius 2 is 1.88 bits per heavy atom. The van der Waals surface area contributed by atoms with Gasteiger partial charge in [0, 0.05) is 24.8 Å². The molecule has 7 nitrogen and oxygen atoms in total. The molecule has 0 fully saturated rings. The van der Waals surface area contributed by atoms with Crippen LogP contribution in [0.3, 0.4) is 0 Å². The molecule has 3 aromatic carbocycles. The van der Waals surface area contributed by atoms with Crippen molar-refractivity contribution >= 4 is 28.3 Å². The van der Waals surface area contributed by atoms with Crippen LogP contribution in [0.2, 0.25) is 0 Å². The van der Waals surface area contributed by atoms with Crippen LogP contribution in [0.5, 0.6) is 0 Å². The maximum absolute atomic E-state index is 14.6. The zero-order valence-corrected chi connectivity index (χ0v) is 18.5. The van der Waals surface area contributed by atoms with Gasteiger partial charge < -0.3 is 5.32 Å². The van der Waals surface area contributed by atoms with Crippen molar-refractivity contribution in [1.29, 1.82) is 0 Å². The Hall–Kier alpha value is -4.33. The van der Waals surface area contributed by atoms with Gasteiger partial charge in [0.2, 0.25) is 0 Å². The Labute approximate surface area is 194 Å². The van der Waals surface area contributed by atoms with Crippen LogP contribution in [0, 0.1) is 5.82 Å². The number of H-pyrrole nitrogens is 1. The highest BCUT2D eigenvalue weighted by atomic mass is 19.1. The highest BCUT2D eigenvalue weighted by molar-refractivity contribution is 6.02. The Kier molecular flexibility index (Phi) is 5.63. The Balaban J connectivity index is 1.45. The largest absolute Gasteiger partial charge is 0.338 e. The maximum Gasteiger partial charge on any atom is 0.320 e. The fraction of sp³-hybridized carbons (Fsp3) is 0.154. The van der Waals surface area contributed by atoms with Crippen LogP contribution in [0.15, 0.2) is 70.5 Å². The number of aromatic nitrogens is 2. The number of aliphatic imine (C=N–C) groups is 1. The molecule has 0 atom stereocenters. The molecule has 1 aromatic heterocycles. The highest BCUT2D eigenvalue weighted by Crippen LogP contribution is 2.32. The quantitative estimate of drug-likeness (QED) is 0.430. The molecule has 0 spiro atoms. The molecule has 0 saturated carbocycles. The lowest BCUT2D eigenvalue weighted by Crippen LogP contribution is -2.39. The van der Waals surface area contributed by atoms with E-state index < -0.39 is 0 Å². The second-order valence-corrected chi connectivity index (χ2v) is 8.13. The lowest BCUT2D eigenvalue weighted by Gasteiger charge is -2.09. The Morgan fingerprint density at radius 1 is 1.06 bits per heavy atom. The van der Waals surface area contributed by atoms with Gasteiger partial charge in [0.25, 0.3) is 5.56 Å². The molecule has 0 bridgehead atoms. The van der Waals surface area contributed by atoms with Gasteiger partial charge in [-0.05, 0) is 53.4 Å². The molecule has 0 saturated heterocycles. The van der Waals surface area contributed by atoms with Crippen molar-refractivity contribution in [3.8, 4) is 11.1 Å². The van der Waals surface area contributed by atoms with E-state index >= 15 is 0 Å². The minimum atomic E-state index is -0.358. The van der Waals surface area contributed by atoms with Crippen molar-refractivity contribution in [2.75, 3.05) is 6.54 Å². The van der Waals surface area contributed by atoms with E-state index in [1.165, 1.54) is 12.1 Å². The van der Waals surface area contributed by atoms with Crippen molar-refractivity contribution in [1.82, 2.24) is 20.8 Å². The van der Waals surface area contributed by atoms with Crippen LogP contribution < -0.4 is 16.2 Å². The number of aromatic amines is 1. The molecule has 1 aliphatic rings. The average Bonchev–Trinajstić information content (AvgIpc) is 3.22. The second kappa shape index (κ2) is 8.90. The Morgan fingerprint density at radius 3 is 2.71 bits per heavy atom. The van der Waals surface area contributed by atoms with E-state index in [4.69, 9.17) is 0 Å². The first kappa shape index (κ1) is 21.5. The van der Waals surface area contributed by atoms with Gasteiger partial charge in [0.05, 0.1) is 16.8 Å². The monoisotopic (exact) mass is 455 g/mol. The summed E-state index contributed by atoms with van der Waals surface area (Å²) in [5, 5.41) is 13.5. The van der Waals surface area contributed by atoms with Crippen molar-refractivity contribution in [3.05, 3.63) is 93.7 Å². The number of urea groups is 1. The summed E-state index contributed by atoms with van der Waals surface area (Å²) in [7, 11) is 0. The van der Waals surface area contributed by atoms with Gasteiger partial charge in [-0.1, -0.05) is 36.4 Å². The SMILES string of the molecule is CCNC(=O)NC1=Nc2cc(-c3cc(F)cc(Cc4n[nH]c(=O)c5ccccc45)c3)ccc2C1. The number of carbonyl (C=O) groups excluding carboxylic acids is 1. The normalized spacial score (nSPS) is 12.4. The lowest BCUT2D eigenvalue weighted by atomic mass is 9.97. The van der Waals surface area contributed by atoms with Gasteiger partial charge in [-0.25, -0.2) is 19.3 Å². The number of amidine groups is 1. The third-order valence-corrected chi connectivity index (χ3v) is 5.73. The summed E-state index contributed by atoms with van der Waals surface area (Å²) >= 11 is 0. The van der Waals surface area contributed by atoms with Crippen LogP contribution in [0.4, 0.5) is 14.9 Å². The molecule has 8 heteroatoms. The van der Waals surface area contributed by atoms with Crippen molar-refractivity contribution < 1.29 is 9.18 Å². The number of hydrogen-bond donors (Lipinski definition) is 3. The molecule has 5 rings (SSSR count). The number of halogens is 1. The number of benzene rings is 3. The number of fused-ring (bicyclic) bond motifs is 2. The van der Waals surface area contributed by atoms with Crippen LogP contribution in [0.1, 0.15) is 23.7 Å². The van der Waals surface area contributed by atoms with Gasteiger partial charge in [0.15, 0.2) is 0 Å². The van der Waals surface area contributed by atoms with E-state index in [0.29, 0.717) is 41.9 Å². The number of nitrogens with one attached hydrogen (secondary N) is 3. The predicted molar refractivity (Wildman–Crippen MR) is 130 cm³/mol. The molecule has 3 N–H and O–H groups in total. The van der Waals surface area contributed by atoms with Crippen molar-refractivity contribution in [3.63, 3.8) is 0 Å². The number of hydrogen-bond acceptors (Lipinski definition) is 4. The second-order valence-electron chi connectivity index (χ2n) is 8.13. The minimum Gasteiger partial charge on any atom is -0.338 e. The third kappa shape index (κ3) is 4.30. The number of amides is 2. The van der Waals surface area contributed by atoms with E-state index in [-0.39, 0.29) is 17.4 Å². The highest BCUT2D eigenvalue weighted by Gasteiger charge is 2.17. The van der Waals surface area contributed by atoms with Gasteiger partial charge in [-0.15, -0.1) is 0 Å². The smallest absolute Gasteiger partial charge is 0.320 e. The summed E-state index contributed by atoms with van der Waals surface area (Å²) in [5.74, 6) is 0.220. The third-order valence-electron chi connectivity index (χ3n) is 5.73. The standard InChI is InChI=1S/C26H22FN5O2/c1-2-28-26(34)30-24-14-17-8-7-16(13-22(17)29-24)18-9-15(10-19(27)12-18)11-23-20-5-3-4-6-21(20)25(33)32-31-23/h3-10,12-13H,2,11,14H2,1H3,(H,32,33)(H2,28,29,30,34). The van der Waals surface area contributed by atoms with Crippen LogP contribution in [0.25, 0.3) is 21.9 Å². The zero-order valence-electron chi connectivity index (χ0n) is 18.5. The van der Waals surface area contributed by atoms with E-state index in [0.717, 1.165) is 27.8 Å². The minimum absolute atomic E-state index is 0.251. The summed E-state index contributed by atoms with van der Waals surface area (Å²) in [5.41, 5.74) is 4.45. The fourth-order valence-corrected chi connectivity index (χ4v) is 4.19. The van der Waals surface area contributed by atoms with Crippen LogP contribution in [-0.2, 0) is 12.8 Å². The molecule has 170 valence electrons. The van der Waals surface area contributed by atoms with Gasteiger partial charge in [0.1, 0.15) is 11.7 Å². The lowest BCUT2D eigenvalue weighted by molar-refractivity contribution is 0.245. The summed E-state index contributed by atoms with van der Waals surface area (Å²) in [6.45, 7) is 2.38. The number of nitrogens with zero attached hydrogens (tertiary/aromatic N) is 2. The molecular weight excluding hydrogens is 433 g/mol. The van der Waals surface area contributed by atoms with E-state index in [1.807, 2.05) is 43.3 Å². The van der Waals surface area contributed by atoms with Crippen molar-refractivity contribution in [2.45, 2.75) is 19.8 Å². The molecule has 0 unspecified atom stereocenters. The summed E-state index contributed by atoms with van der Waals surface area (Å²) in [6.07, 6.45) is 0.901. The Bertz CT molecular complexity index is 1510. The fourth-order valence-electron chi connectivity index (χ4n) is 4.19. The maximum atomic E-state index is 14.6. The van der Waals surface area contributed by atoms with Crippen LogP contribution in [-0.4, -0.2) is 28.6 Å². The number of carbonyl (C=O) groups is 1. The molecule has 2 amide bonds. The molecule has 1 aliphatic heterocycles. The van der Waals surface area contributed by atoms with E-state index in [9.17, 15) is 14.0 Å². The van der Waals surface area contributed by atoms with Gasteiger partial charge >= 0.3 is 6.03 Å². The van der Waals surface area contributed by atoms with Crippen LogP contribution >= 0.6 is 0 Å². The molecule has 34 heavy (non-hydrogen) atoms. The van der Waals surface area contributed by atoms with Crippen molar-refractivity contribution in [2.24, 2.45) is 4.99 Å².